The van der Waals surface area contributed by atoms with Crippen molar-refractivity contribution in [3.8, 4) is 0 Å². The van der Waals surface area contributed by atoms with Crippen molar-refractivity contribution in [2.45, 2.75) is 46.6 Å². The summed E-state index contributed by atoms with van der Waals surface area (Å²) >= 11 is 5.67. The largest absolute Gasteiger partial charge is 0.446 e. The molecule has 0 aliphatic rings. The molecule has 0 saturated heterocycles. The number of alkyl halides is 1. The predicted molar refractivity (Wildman–Crippen MR) is 85.0 cm³/mol. The number of imide groups is 1. The summed E-state index contributed by atoms with van der Waals surface area (Å²) < 4.78 is 5.20. The van der Waals surface area contributed by atoms with Crippen molar-refractivity contribution < 1.29 is 14.3 Å². The molecule has 0 aliphatic carbocycles. The van der Waals surface area contributed by atoms with Crippen molar-refractivity contribution in [3.05, 3.63) is 29.3 Å². The van der Waals surface area contributed by atoms with E-state index in [0.29, 0.717) is 18.5 Å². The summed E-state index contributed by atoms with van der Waals surface area (Å²) in [4.78, 5) is 25.6. The normalized spacial score (nSPS) is 10.6. The second kappa shape index (κ2) is 8.03. The summed E-state index contributed by atoms with van der Waals surface area (Å²) in [7, 11) is 0. The third-order valence-corrected chi connectivity index (χ3v) is 3.30. The third kappa shape index (κ3) is 4.21. The molecule has 0 unspecified atom stereocenters. The van der Waals surface area contributed by atoms with Crippen LogP contribution in [0.15, 0.2) is 18.2 Å². The Morgan fingerprint density at radius 1 is 1.19 bits per heavy atom. The molecule has 0 aromatic heterocycles. The first-order valence-electron chi connectivity index (χ1n) is 7.16. The molecule has 116 valence electrons. The molecule has 0 N–H and O–H groups in total. The highest BCUT2D eigenvalue weighted by atomic mass is 35.5. The Balaban J connectivity index is 3.38. The fourth-order valence-corrected chi connectivity index (χ4v) is 2.25. The first kappa shape index (κ1) is 17.5. The summed E-state index contributed by atoms with van der Waals surface area (Å²) in [6, 6.07) is 5.75. The minimum Gasteiger partial charge on any atom is -0.446 e. The molecule has 0 atom stereocenters. The van der Waals surface area contributed by atoms with Crippen LogP contribution in [0, 0.1) is 0 Å². The minimum absolute atomic E-state index is 0.269. The maximum Gasteiger partial charge on any atom is 0.421 e. The zero-order chi connectivity index (χ0) is 16.0. The van der Waals surface area contributed by atoms with Gasteiger partial charge in [-0.1, -0.05) is 32.0 Å². The number of hydrogen-bond donors (Lipinski definition) is 0. The van der Waals surface area contributed by atoms with Gasteiger partial charge in [0.2, 0.25) is 0 Å². The number of aryl methyl sites for hydroxylation is 2. The summed E-state index contributed by atoms with van der Waals surface area (Å²) in [6.07, 6.45) is 0.447. The van der Waals surface area contributed by atoms with Crippen molar-refractivity contribution in [1.29, 1.82) is 0 Å². The van der Waals surface area contributed by atoms with Gasteiger partial charge in [0.05, 0.1) is 11.8 Å². The van der Waals surface area contributed by atoms with Crippen LogP contribution in [0.3, 0.4) is 0 Å². The lowest BCUT2D eigenvalue weighted by molar-refractivity contribution is -0.115. The molecule has 1 aromatic rings. The standard InChI is InChI=1S/C16H22ClNO3/c1-5-12-8-7-9-13(6-2)15(12)18(14(19)10-17)16(20)21-11(3)4/h7-9,11H,5-6,10H2,1-4H3. The van der Waals surface area contributed by atoms with Crippen molar-refractivity contribution >= 4 is 29.3 Å². The summed E-state index contributed by atoms with van der Waals surface area (Å²) in [5.41, 5.74) is 2.46. The molecule has 0 saturated carbocycles. The number of para-hydroxylation sites is 1. The van der Waals surface area contributed by atoms with E-state index in [1.165, 1.54) is 0 Å². The zero-order valence-corrected chi connectivity index (χ0v) is 13.7. The first-order chi connectivity index (χ1) is 9.96. The number of hydrogen-bond acceptors (Lipinski definition) is 3. The van der Waals surface area contributed by atoms with Crippen LogP contribution in [0.25, 0.3) is 0 Å². The number of carbonyl (C=O) groups is 2. The van der Waals surface area contributed by atoms with Crippen LogP contribution in [-0.2, 0) is 22.4 Å². The Labute approximate surface area is 131 Å². The van der Waals surface area contributed by atoms with Gasteiger partial charge in [-0.25, -0.2) is 9.69 Å². The topological polar surface area (TPSA) is 46.6 Å². The molecular weight excluding hydrogens is 290 g/mol. The number of halogens is 1. The van der Waals surface area contributed by atoms with E-state index in [1.807, 2.05) is 32.0 Å². The maximum absolute atomic E-state index is 12.3. The Kier molecular flexibility index (Phi) is 6.69. The van der Waals surface area contributed by atoms with Gasteiger partial charge in [0.1, 0.15) is 5.88 Å². The van der Waals surface area contributed by atoms with E-state index in [2.05, 4.69) is 0 Å². The second-order valence-electron chi connectivity index (χ2n) is 4.93. The molecule has 1 rings (SSSR count). The number of rotatable bonds is 5. The molecule has 1 aromatic carbocycles. The summed E-state index contributed by atoms with van der Waals surface area (Å²) in [5, 5.41) is 0. The molecule has 21 heavy (non-hydrogen) atoms. The molecular formula is C16H22ClNO3. The highest BCUT2D eigenvalue weighted by Crippen LogP contribution is 2.28. The van der Waals surface area contributed by atoms with E-state index in [1.54, 1.807) is 13.8 Å². The Bertz CT molecular complexity index is 492. The van der Waals surface area contributed by atoms with Crippen LogP contribution in [0.2, 0.25) is 0 Å². The number of benzene rings is 1. The quantitative estimate of drug-likeness (QED) is 0.774. The summed E-state index contributed by atoms with van der Waals surface area (Å²) in [5.74, 6) is -0.744. The molecule has 2 amide bonds. The van der Waals surface area contributed by atoms with E-state index in [-0.39, 0.29) is 12.0 Å². The number of anilines is 1. The Morgan fingerprint density at radius 3 is 2.10 bits per heavy atom. The van der Waals surface area contributed by atoms with Crippen LogP contribution in [-0.4, -0.2) is 24.0 Å². The lowest BCUT2D eigenvalue weighted by atomic mass is 10.0. The molecule has 5 heteroatoms. The van der Waals surface area contributed by atoms with E-state index in [9.17, 15) is 9.59 Å². The van der Waals surface area contributed by atoms with Crippen molar-refractivity contribution in [2.24, 2.45) is 0 Å². The van der Waals surface area contributed by atoms with Crippen molar-refractivity contribution in [3.63, 3.8) is 0 Å². The Morgan fingerprint density at radius 2 is 1.71 bits per heavy atom. The van der Waals surface area contributed by atoms with E-state index < -0.39 is 12.0 Å². The molecule has 0 radical (unpaired) electrons. The molecule has 0 fully saturated rings. The molecule has 0 spiro atoms. The lowest BCUT2D eigenvalue weighted by Crippen LogP contribution is -2.40. The third-order valence-electron chi connectivity index (χ3n) is 3.07. The molecule has 0 aliphatic heterocycles. The maximum atomic E-state index is 12.3. The average molecular weight is 312 g/mol. The predicted octanol–water partition coefficient (Wildman–Crippen LogP) is 3.93. The van der Waals surface area contributed by atoms with Gasteiger partial charge in [-0.15, -0.1) is 11.6 Å². The second-order valence-corrected chi connectivity index (χ2v) is 5.19. The number of ether oxygens (including phenoxy) is 1. The van der Waals surface area contributed by atoms with Gasteiger partial charge in [-0.2, -0.15) is 0 Å². The molecule has 0 bridgehead atoms. The van der Waals surface area contributed by atoms with E-state index >= 15 is 0 Å². The number of amides is 2. The first-order valence-corrected chi connectivity index (χ1v) is 7.69. The highest BCUT2D eigenvalue weighted by molar-refractivity contribution is 6.32. The van der Waals surface area contributed by atoms with Gasteiger partial charge in [-0.05, 0) is 37.8 Å². The van der Waals surface area contributed by atoms with E-state index in [4.69, 9.17) is 16.3 Å². The van der Waals surface area contributed by atoms with Crippen molar-refractivity contribution in [2.75, 3.05) is 10.8 Å². The van der Waals surface area contributed by atoms with Gasteiger partial charge in [0.25, 0.3) is 5.91 Å². The Hall–Kier alpha value is -1.55. The SMILES string of the molecule is CCc1cccc(CC)c1N(C(=O)CCl)C(=O)OC(C)C. The minimum atomic E-state index is -0.675. The van der Waals surface area contributed by atoms with Crippen LogP contribution in [0.4, 0.5) is 10.5 Å². The number of carbonyl (C=O) groups excluding carboxylic acids is 2. The van der Waals surface area contributed by atoms with Crippen LogP contribution < -0.4 is 4.90 Å². The fraction of sp³-hybridized carbons (Fsp3) is 0.500. The van der Waals surface area contributed by atoms with Gasteiger partial charge >= 0.3 is 6.09 Å². The molecule has 0 heterocycles. The summed E-state index contributed by atoms with van der Waals surface area (Å²) in [6.45, 7) is 7.45. The van der Waals surface area contributed by atoms with Gasteiger partial charge < -0.3 is 4.74 Å². The smallest absolute Gasteiger partial charge is 0.421 e. The molecule has 4 nitrogen and oxygen atoms in total. The zero-order valence-electron chi connectivity index (χ0n) is 13.0. The number of nitrogens with zero attached hydrogens (tertiary/aromatic N) is 1. The van der Waals surface area contributed by atoms with Crippen LogP contribution in [0.5, 0.6) is 0 Å². The van der Waals surface area contributed by atoms with Crippen LogP contribution in [0.1, 0.15) is 38.8 Å². The van der Waals surface area contributed by atoms with Crippen molar-refractivity contribution in [1.82, 2.24) is 0 Å². The average Bonchev–Trinajstić information content (AvgIpc) is 2.46. The van der Waals surface area contributed by atoms with Gasteiger partial charge in [0, 0.05) is 0 Å². The van der Waals surface area contributed by atoms with Crippen LogP contribution >= 0.6 is 11.6 Å². The monoisotopic (exact) mass is 311 g/mol. The van der Waals surface area contributed by atoms with E-state index in [0.717, 1.165) is 16.0 Å². The highest BCUT2D eigenvalue weighted by Gasteiger charge is 2.28. The van der Waals surface area contributed by atoms with Gasteiger partial charge in [-0.3, -0.25) is 4.79 Å². The lowest BCUT2D eigenvalue weighted by Gasteiger charge is -2.25. The van der Waals surface area contributed by atoms with Gasteiger partial charge in [0.15, 0.2) is 0 Å². The fourth-order valence-electron chi connectivity index (χ4n) is 2.13.